The lowest BCUT2D eigenvalue weighted by Crippen LogP contribution is -2.44. The second-order valence-electron chi connectivity index (χ2n) is 6.31. The molecule has 0 saturated carbocycles. The molecule has 3 heterocycles. The van der Waals surface area contributed by atoms with Crippen LogP contribution < -0.4 is 9.47 Å². The number of amides is 1. The van der Waals surface area contributed by atoms with Gasteiger partial charge in [0.15, 0.2) is 0 Å². The minimum absolute atomic E-state index is 0.0260. The molecule has 7 heteroatoms. The van der Waals surface area contributed by atoms with Crippen molar-refractivity contribution in [2.75, 3.05) is 20.2 Å². The number of likely N-dealkylation sites (tertiary alicyclic amines) is 1. The van der Waals surface area contributed by atoms with Crippen molar-refractivity contribution in [1.82, 2.24) is 19.9 Å². The highest BCUT2D eigenvalue weighted by Crippen LogP contribution is 2.21. The van der Waals surface area contributed by atoms with Crippen LogP contribution in [0.2, 0.25) is 0 Å². The zero-order valence-corrected chi connectivity index (χ0v) is 14.5. The zero-order valence-electron chi connectivity index (χ0n) is 14.5. The molecule has 1 aromatic carbocycles. The molecular formula is C19H20N4O3. The van der Waals surface area contributed by atoms with Crippen LogP contribution >= 0.6 is 0 Å². The van der Waals surface area contributed by atoms with Gasteiger partial charge in [-0.1, -0.05) is 0 Å². The van der Waals surface area contributed by atoms with E-state index in [9.17, 15) is 4.79 Å². The fourth-order valence-corrected chi connectivity index (χ4v) is 3.24. The van der Waals surface area contributed by atoms with Crippen LogP contribution in [0.1, 0.15) is 23.2 Å². The zero-order chi connectivity index (χ0) is 17.9. The summed E-state index contributed by atoms with van der Waals surface area (Å²) in [5.41, 5.74) is 1.72. The highest BCUT2D eigenvalue weighted by Gasteiger charge is 2.26. The molecule has 4 rings (SSSR count). The van der Waals surface area contributed by atoms with E-state index in [4.69, 9.17) is 9.47 Å². The lowest BCUT2D eigenvalue weighted by Gasteiger charge is -2.32. The lowest BCUT2D eigenvalue weighted by atomic mass is 10.1. The average Bonchev–Trinajstić information content (AvgIpc) is 3.15. The Balaban J connectivity index is 1.46. The van der Waals surface area contributed by atoms with Crippen molar-refractivity contribution in [2.24, 2.45) is 0 Å². The topological polar surface area (TPSA) is 80.3 Å². The number of rotatable bonds is 4. The molecule has 1 atom stereocenters. The minimum atomic E-state index is -0.106. The van der Waals surface area contributed by atoms with Gasteiger partial charge < -0.3 is 19.4 Å². The lowest BCUT2D eigenvalue weighted by molar-refractivity contribution is 0.0525. The Morgan fingerprint density at radius 1 is 1.27 bits per heavy atom. The quantitative estimate of drug-likeness (QED) is 0.781. The molecule has 1 amide bonds. The standard InChI is InChI=1S/C19H20N4O3/c1-25-17-10-20-11-18(22-17)26-15-3-2-8-23(12-15)19(24)14-4-5-16-13(9-14)6-7-21-16/h4-7,9-11,15,21H,2-3,8,12H2,1H3. The molecule has 1 saturated heterocycles. The molecule has 2 aromatic heterocycles. The van der Waals surface area contributed by atoms with E-state index in [2.05, 4.69) is 15.0 Å². The summed E-state index contributed by atoms with van der Waals surface area (Å²) >= 11 is 0. The molecule has 0 aliphatic carbocycles. The summed E-state index contributed by atoms with van der Waals surface area (Å²) in [6, 6.07) is 7.69. The molecular weight excluding hydrogens is 332 g/mol. The van der Waals surface area contributed by atoms with Gasteiger partial charge in [0.05, 0.1) is 26.0 Å². The fraction of sp³-hybridized carbons (Fsp3) is 0.316. The number of fused-ring (bicyclic) bond motifs is 1. The van der Waals surface area contributed by atoms with E-state index in [1.807, 2.05) is 35.4 Å². The van der Waals surface area contributed by atoms with E-state index >= 15 is 0 Å². The normalized spacial score (nSPS) is 17.3. The number of H-pyrrole nitrogens is 1. The second-order valence-corrected chi connectivity index (χ2v) is 6.31. The number of methoxy groups -OCH3 is 1. The first-order valence-electron chi connectivity index (χ1n) is 8.62. The van der Waals surface area contributed by atoms with Crippen LogP contribution in [-0.4, -0.2) is 52.1 Å². The number of aromatic nitrogens is 3. The third-order valence-corrected chi connectivity index (χ3v) is 4.55. The smallest absolute Gasteiger partial charge is 0.254 e. The molecule has 1 fully saturated rings. The molecule has 3 aromatic rings. The third-order valence-electron chi connectivity index (χ3n) is 4.55. The fourth-order valence-electron chi connectivity index (χ4n) is 3.24. The summed E-state index contributed by atoms with van der Waals surface area (Å²) in [5, 5.41) is 1.03. The Bertz CT molecular complexity index is 924. The third kappa shape index (κ3) is 3.33. The van der Waals surface area contributed by atoms with Gasteiger partial charge in [-0.3, -0.25) is 9.78 Å². The van der Waals surface area contributed by atoms with Gasteiger partial charge in [0.2, 0.25) is 11.8 Å². The Kier molecular flexibility index (Phi) is 4.43. The molecule has 1 aliphatic rings. The number of nitrogens with zero attached hydrogens (tertiary/aromatic N) is 3. The Hall–Kier alpha value is -3.09. The number of carbonyl (C=O) groups is 1. The van der Waals surface area contributed by atoms with Gasteiger partial charge in [0.1, 0.15) is 6.10 Å². The minimum Gasteiger partial charge on any atom is -0.480 e. The molecule has 0 bridgehead atoms. The van der Waals surface area contributed by atoms with Crippen molar-refractivity contribution < 1.29 is 14.3 Å². The summed E-state index contributed by atoms with van der Waals surface area (Å²) < 4.78 is 11.0. The number of benzene rings is 1. The van der Waals surface area contributed by atoms with Crippen molar-refractivity contribution in [3.05, 3.63) is 48.4 Å². The van der Waals surface area contributed by atoms with Gasteiger partial charge in [-0.05, 0) is 37.1 Å². The SMILES string of the molecule is COc1cncc(OC2CCCN(C(=O)c3ccc4[nH]ccc4c3)C2)n1. The van der Waals surface area contributed by atoms with Crippen LogP contribution in [0.15, 0.2) is 42.9 Å². The maximum Gasteiger partial charge on any atom is 0.254 e. The number of ether oxygens (including phenoxy) is 2. The first-order valence-corrected chi connectivity index (χ1v) is 8.62. The molecule has 1 N–H and O–H groups in total. The van der Waals surface area contributed by atoms with Crippen molar-refractivity contribution in [1.29, 1.82) is 0 Å². The van der Waals surface area contributed by atoms with E-state index in [-0.39, 0.29) is 12.0 Å². The number of carbonyl (C=O) groups excluding carboxylic acids is 1. The number of aromatic amines is 1. The van der Waals surface area contributed by atoms with Gasteiger partial charge in [-0.15, -0.1) is 0 Å². The van der Waals surface area contributed by atoms with E-state index in [1.165, 1.54) is 13.3 Å². The van der Waals surface area contributed by atoms with E-state index in [1.54, 1.807) is 6.20 Å². The van der Waals surface area contributed by atoms with E-state index in [0.29, 0.717) is 23.9 Å². The summed E-state index contributed by atoms with van der Waals surface area (Å²) in [7, 11) is 1.54. The first kappa shape index (κ1) is 16.4. The van der Waals surface area contributed by atoms with Crippen molar-refractivity contribution in [3.8, 4) is 11.8 Å². The number of hydrogen-bond acceptors (Lipinski definition) is 5. The molecule has 0 radical (unpaired) electrons. The second kappa shape index (κ2) is 7.03. The van der Waals surface area contributed by atoms with E-state index < -0.39 is 0 Å². The van der Waals surface area contributed by atoms with Crippen LogP contribution in [0, 0.1) is 0 Å². The summed E-state index contributed by atoms with van der Waals surface area (Å²) in [6.45, 7) is 1.26. The van der Waals surface area contributed by atoms with Crippen LogP contribution in [0.4, 0.5) is 0 Å². The predicted octanol–water partition coefficient (Wildman–Crippen LogP) is 2.65. The molecule has 0 spiro atoms. The van der Waals surface area contributed by atoms with Crippen LogP contribution in [0.25, 0.3) is 10.9 Å². The highest BCUT2D eigenvalue weighted by molar-refractivity contribution is 5.98. The van der Waals surface area contributed by atoms with Gasteiger partial charge in [0.25, 0.3) is 5.91 Å². The summed E-state index contributed by atoms with van der Waals surface area (Å²) in [6.07, 6.45) is 6.62. The maximum absolute atomic E-state index is 12.9. The summed E-state index contributed by atoms with van der Waals surface area (Å²) in [5.74, 6) is 0.849. The number of piperidine rings is 1. The number of nitrogens with one attached hydrogen (secondary N) is 1. The maximum atomic E-state index is 12.9. The predicted molar refractivity (Wildman–Crippen MR) is 96.4 cm³/mol. The highest BCUT2D eigenvalue weighted by atomic mass is 16.5. The first-order chi connectivity index (χ1) is 12.7. The van der Waals surface area contributed by atoms with Gasteiger partial charge >= 0.3 is 0 Å². The van der Waals surface area contributed by atoms with Crippen molar-refractivity contribution in [3.63, 3.8) is 0 Å². The van der Waals surface area contributed by atoms with E-state index in [0.717, 1.165) is 30.3 Å². The Morgan fingerprint density at radius 2 is 2.15 bits per heavy atom. The van der Waals surface area contributed by atoms with Crippen LogP contribution in [0.5, 0.6) is 11.8 Å². The van der Waals surface area contributed by atoms with Gasteiger partial charge in [-0.2, -0.15) is 4.98 Å². The monoisotopic (exact) mass is 352 g/mol. The van der Waals surface area contributed by atoms with Crippen LogP contribution in [-0.2, 0) is 0 Å². The summed E-state index contributed by atoms with van der Waals surface area (Å²) in [4.78, 5) is 26.1. The average molecular weight is 352 g/mol. The Morgan fingerprint density at radius 3 is 3.04 bits per heavy atom. The molecule has 134 valence electrons. The van der Waals surface area contributed by atoms with Crippen molar-refractivity contribution in [2.45, 2.75) is 18.9 Å². The van der Waals surface area contributed by atoms with Crippen molar-refractivity contribution >= 4 is 16.8 Å². The van der Waals surface area contributed by atoms with Crippen LogP contribution in [0.3, 0.4) is 0 Å². The molecule has 7 nitrogen and oxygen atoms in total. The molecule has 1 aliphatic heterocycles. The molecule has 26 heavy (non-hydrogen) atoms. The van der Waals surface area contributed by atoms with Gasteiger partial charge in [0, 0.05) is 29.2 Å². The number of hydrogen-bond donors (Lipinski definition) is 1. The Labute approximate surface area is 151 Å². The molecule has 1 unspecified atom stereocenters. The van der Waals surface area contributed by atoms with Gasteiger partial charge in [-0.25, -0.2) is 0 Å². The largest absolute Gasteiger partial charge is 0.480 e.